The molecule has 17 heteroatoms. The van der Waals surface area contributed by atoms with Gasteiger partial charge in [-0.15, -0.1) is 0 Å². The maximum absolute atomic E-state index is 10.6. The molecular weight excluding hydrogens is 552 g/mol. The Labute approximate surface area is 224 Å². The molecule has 4 rings (SSSR count). The molecule has 3 heterocycles. The summed E-state index contributed by atoms with van der Waals surface area (Å²) in [6.45, 7) is 9.27. The van der Waals surface area contributed by atoms with Crippen molar-refractivity contribution in [3.8, 4) is 11.4 Å². The van der Waals surface area contributed by atoms with E-state index in [9.17, 15) is 26.3 Å². The highest BCUT2D eigenvalue weighted by Gasteiger charge is 2.38. The number of nitrogens with one attached hydrogen (secondary N) is 1. The van der Waals surface area contributed by atoms with Gasteiger partial charge in [0.15, 0.2) is 0 Å². The van der Waals surface area contributed by atoms with Gasteiger partial charge in [0.2, 0.25) is 0 Å². The lowest BCUT2D eigenvalue weighted by atomic mass is 10.2. The second-order valence-corrected chi connectivity index (χ2v) is 8.41. The van der Waals surface area contributed by atoms with Gasteiger partial charge in [-0.25, -0.2) is 19.6 Å². The van der Waals surface area contributed by atoms with Gasteiger partial charge in [-0.2, -0.15) is 31.4 Å². The van der Waals surface area contributed by atoms with Crippen LogP contribution in [0.2, 0.25) is 0 Å². The minimum absolute atomic E-state index is 0.902. The molecule has 1 aromatic carbocycles. The van der Waals surface area contributed by atoms with Crippen molar-refractivity contribution < 1.29 is 46.1 Å². The fraction of sp³-hybridized carbons (Fsp3) is 0.435. The van der Waals surface area contributed by atoms with E-state index in [1.807, 2.05) is 22.9 Å². The number of halogens is 6. The van der Waals surface area contributed by atoms with Crippen LogP contribution in [0.5, 0.6) is 0 Å². The van der Waals surface area contributed by atoms with E-state index >= 15 is 0 Å². The van der Waals surface area contributed by atoms with Crippen molar-refractivity contribution in [2.75, 3.05) is 32.7 Å². The van der Waals surface area contributed by atoms with Crippen LogP contribution >= 0.6 is 0 Å². The van der Waals surface area contributed by atoms with Gasteiger partial charge in [0.25, 0.3) is 0 Å². The molecule has 1 aliphatic rings. The largest absolute Gasteiger partial charge is 0.490 e. The molecule has 0 atom stereocenters. The molecule has 0 saturated carbocycles. The van der Waals surface area contributed by atoms with E-state index in [-0.39, 0.29) is 0 Å². The molecule has 0 aliphatic carbocycles. The van der Waals surface area contributed by atoms with E-state index in [2.05, 4.69) is 43.9 Å². The number of aromatic amines is 1. The van der Waals surface area contributed by atoms with Gasteiger partial charge in [-0.3, -0.25) is 14.5 Å². The lowest BCUT2D eigenvalue weighted by Gasteiger charge is -2.34. The van der Waals surface area contributed by atoms with Crippen molar-refractivity contribution in [1.82, 2.24) is 34.5 Å². The summed E-state index contributed by atoms with van der Waals surface area (Å²) in [6.07, 6.45) is -6.80. The van der Waals surface area contributed by atoms with Crippen LogP contribution in [0.25, 0.3) is 11.4 Å². The smallest absolute Gasteiger partial charge is 0.475 e. The van der Waals surface area contributed by atoms with Crippen molar-refractivity contribution in [3.05, 3.63) is 54.4 Å². The number of aliphatic carboxylic acids is 2. The molecule has 40 heavy (non-hydrogen) atoms. The number of hydrogen-bond donors (Lipinski definition) is 3. The van der Waals surface area contributed by atoms with Gasteiger partial charge in [-0.1, -0.05) is 30.3 Å². The molecule has 0 radical (unpaired) electrons. The van der Waals surface area contributed by atoms with Gasteiger partial charge in [0.1, 0.15) is 18.5 Å². The van der Waals surface area contributed by atoms with Gasteiger partial charge in [-0.05, 0) is 6.92 Å². The summed E-state index contributed by atoms with van der Waals surface area (Å²) in [4.78, 5) is 35.0. The number of benzene rings is 1. The zero-order chi connectivity index (χ0) is 29.9. The average Bonchev–Trinajstić information content (AvgIpc) is 3.54. The third-order valence-electron chi connectivity index (χ3n) is 5.47. The lowest BCUT2D eigenvalue weighted by molar-refractivity contribution is -0.193. The molecule has 0 unspecified atom stereocenters. The summed E-state index contributed by atoms with van der Waals surface area (Å²) in [5.74, 6) is -4.55. The zero-order valence-corrected chi connectivity index (χ0v) is 21.2. The molecule has 220 valence electrons. The third kappa shape index (κ3) is 11.0. The molecule has 2 aromatic heterocycles. The van der Waals surface area contributed by atoms with E-state index in [0.29, 0.717) is 0 Å². The first-order chi connectivity index (χ1) is 18.7. The number of aryl methyl sites for hydroxylation is 1. The minimum atomic E-state index is -5.08. The topological polar surface area (TPSA) is 140 Å². The number of carbonyl (C=O) groups is 2. The fourth-order valence-electron chi connectivity index (χ4n) is 3.36. The second-order valence-electron chi connectivity index (χ2n) is 8.41. The second kappa shape index (κ2) is 14.4. The third-order valence-corrected chi connectivity index (χ3v) is 5.47. The monoisotopic (exact) mass is 579 g/mol. The maximum atomic E-state index is 10.6. The summed E-state index contributed by atoms with van der Waals surface area (Å²) >= 11 is 0. The Bertz CT molecular complexity index is 1170. The molecule has 0 bridgehead atoms. The fourth-order valence-corrected chi connectivity index (χ4v) is 3.36. The van der Waals surface area contributed by atoms with E-state index in [4.69, 9.17) is 24.8 Å². The van der Waals surface area contributed by atoms with E-state index < -0.39 is 24.3 Å². The molecule has 0 spiro atoms. The molecule has 11 nitrogen and oxygen atoms in total. The zero-order valence-electron chi connectivity index (χ0n) is 21.2. The van der Waals surface area contributed by atoms with Crippen LogP contribution in [-0.2, 0) is 22.7 Å². The van der Waals surface area contributed by atoms with Gasteiger partial charge < -0.3 is 15.2 Å². The Morgan fingerprint density at radius 2 is 1.43 bits per heavy atom. The molecule has 1 fully saturated rings. The number of nitrogens with zero attached hydrogens (tertiary/aromatic N) is 6. The predicted molar refractivity (Wildman–Crippen MR) is 128 cm³/mol. The van der Waals surface area contributed by atoms with Crippen LogP contribution in [0.3, 0.4) is 0 Å². The Hall–Kier alpha value is -3.99. The summed E-state index contributed by atoms with van der Waals surface area (Å²) in [6, 6.07) is 10.3. The minimum Gasteiger partial charge on any atom is -0.475 e. The number of rotatable bonds is 6. The van der Waals surface area contributed by atoms with Crippen LogP contribution in [0.15, 0.2) is 43.0 Å². The highest BCUT2D eigenvalue weighted by atomic mass is 19.4. The van der Waals surface area contributed by atoms with Crippen molar-refractivity contribution >= 4 is 11.9 Å². The first-order valence-corrected chi connectivity index (χ1v) is 11.6. The Kier molecular flexibility index (Phi) is 11.6. The maximum Gasteiger partial charge on any atom is 0.490 e. The van der Waals surface area contributed by atoms with Gasteiger partial charge in [0.05, 0.1) is 12.2 Å². The molecule has 1 aliphatic heterocycles. The summed E-state index contributed by atoms with van der Waals surface area (Å²) in [5, 5.41) is 18.4. The van der Waals surface area contributed by atoms with Crippen molar-refractivity contribution in [2.24, 2.45) is 0 Å². The predicted octanol–water partition coefficient (Wildman–Crippen LogP) is 3.06. The molecule has 3 N–H and O–H groups in total. The molecule has 0 amide bonds. The number of aromatic nitrogens is 5. The number of alkyl halides is 6. The summed E-state index contributed by atoms with van der Waals surface area (Å²) in [5.41, 5.74) is 3.46. The molecule has 1 saturated heterocycles. The van der Waals surface area contributed by atoms with E-state index in [0.717, 1.165) is 68.6 Å². The summed E-state index contributed by atoms with van der Waals surface area (Å²) in [7, 11) is 0. The highest BCUT2D eigenvalue weighted by molar-refractivity contribution is 5.73. The van der Waals surface area contributed by atoms with E-state index in [1.165, 1.54) is 0 Å². The number of carboxylic acids is 2. The number of hydrogen-bond acceptors (Lipinski definition) is 7. The normalized spacial score (nSPS) is 14.5. The standard InChI is InChI=1S/C19H25N7.2C2HF3O2/c1-16-18(23-19(22-16)17-5-3-2-4-6-17)13-25-9-7-24(8-10-25)11-12-26-15-20-14-21-26;2*3-2(4,5)1(6)7/h2-6,14-15H,7-13H2,1H3,(H,22,23);2*(H,6,7). The first-order valence-electron chi connectivity index (χ1n) is 11.6. The molecular formula is C23H27F6N7O4. The average molecular weight is 580 g/mol. The van der Waals surface area contributed by atoms with Gasteiger partial charge >= 0.3 is 24.3 Å². The van der Waals surface area contributed by atoms with Crippen molar-refractivity contribution in [1.29, 1.82) is 0 Å². The lowest BCUT2D eigenvalue weighted by Crippen LogP contribution is -2.46. The Morgan fingerprint density at radius 1 is 0.900 bits per heavy atom. The number of H-pyrrole nitrogens is 1. The van der Waals surface area contributed by atoms with E-state index in [1.54, 1.807) is 12.7 Å². The Morgan fingerprint density at radius 3 is 1.90 bits per heavy atom. The number of carboxylic acid groups (broad SMARTS) is 2. The Balaban J connectivity index is 0.000000333. The first kappa shape index (κ1) is 32.2. The van der Waals surface area contributed by atoms with Crippen LogP contribution in [0.1, 0.15) is 11.4 Å². The number of piperazine rings is 1. The molecule has 3 aromatic rings. The summed E-state index contributed by atoms with van der Waals surface area (Å²) < 4.78 is 65.4. The van der Waals surface area contributed by atoms with Crippen molar-refractivity contribution in [3.63, 3.8) is 0 Å². The number of imidazole rings is 1. The van der Waals surface area contributed by atoms with Crippen LogP contribution in [0, 0.1) is 6.92 Å². The quantitative estimate of drug-likeness (QED) is 0.376. The SMILES string of the molecule is Cc1[nH]c(-c2ccccc2)nc1CN1CCN(CCn2cncn2)CC1.O=C(O)C(F)(F)F.O=C(O)C(F)(F)F. The van der Waals surface area contributed by atoms with Crippen LogP contribution < -0.4 is 0 Å². The van der Waals surface area contributed by atoms with Crippen LogP contribution in [-0.4, -0.2) is 102 Å². The highest BCUT2D eigenvalue weighted by Crippen LogP contribution is 2.19. The van der Waals surface area contributed by atoms with Crippen LogP contribution in [0.4, 0.5) is 26.3 Å². The van der Waals surface area contributed by atoms with Crippen molar-refractivity contribution in [2.45, 2.75) is 32.4 Å². The van der Waals surface area contributed by atoms with Gasteiger partial charge in [0, 0.05) is 50.5 Å².